The summed E-state index contributed by atoms with van der Waals surface area (Å²) in [5.41, 5.74) is 2.83. The topological polar surface area (TPSA) is 53.5 Å². The number of ether oxygens (including phenoxy) is 1. The molecule has 0 aliphatic carbocycles. The van der Waals surface area contributed by atoms with Crippen LogP contribution < -0.4 is 15.3 Å². The summed E-state index contributed by atoms with van der Waals surface area (Å²) < 4.78 is 7.29. The highest BCUT2D eigenvalue weighted by atomic mass is 35.5. The molecule has 0 radical (unpaired) electrons. The number of imidazole rings is 1. The van der Waals surface area contributed by atoms with E-state index in [9.17, 15) is 4.79 Å². The van der Waals surface area contributed by atoms with Crippen molar-refractivity contribution in [2.45, 2.75) is 19.4 Å². The Morgan fingerprint density at radius 3 is 2.59 bits per heavy atom. The molecule has 4 rings (SSSR count). The van der Waals surface area contributed by atoms with Crippen LogP contribution in [0.25, 0.3) is 11.0 Å². The number of anilines is 1. The first kappa shape index (κ1) is 19.9. The second kappa shape index (κ2) is 8.93. The number of nitrogens with one attached hydrogen (secondary N) is 1. The summed E-state index contributed by atoms with van der Waals surface area (Å²) in [5.74, 6) is 0.935. The van der Waals surface area contributed by atoms with Gasteiger partial charge in [0, 0.05) is 37.7 Å². The van der Waals surface area contributed by atoms with Gasteiger partial charge in [-0.25, -0.2) is 4.79 Å². The summed E-state index contributed by atoms with van der Waals surface area (Å²) >= 11 is 6.09. The molecule has 1 aliphatic heterocycles. The van der Waals surface area contributed by atoms with Gasteiger partial charge in [-0.15, -0.1) is 0 Å². The van der Waals surface area contributed by atoms with Crippen LogP contribution in [0.2, 0.25) is 5.02 Å². The zero-order valence-corrected chi connectivity index (χ0v) is 17.5. The molecule has 0 spiro atoms. The Hall–Kier alpha value is -2.44. The molecule has 6 nitrogen and oxygen atoms in total. The number of halogens is 1. The fraction of sp³-hybridized carbons (Fsp3) is 0.409. The lowest BCUT2D eigenvalue weighted by Crippen LogP contribution is -2.46. The molecule has 29 heavy (non-hydrogen) atoms. The van der Waals surface area contributed by atoms with Crippen molar-refractivity contribution in [1.29, 1.82) is 0 Å². The molecule has 0 bridgehead atoms. The molecular formula is C22H27ClN4O2. The predicted molar refractivity (Wildman–Crippen MR) is 118 cm³/mol. The Balaban J connectivity index is 1.26. The van der Waals surface area contributed by atoms with Crippen molar-refractivity contribution in [3.05, 3.63) is 58.0 Å². The molecule has 0 unspecified atom stereocenters. The van der Waals surface area contributed by atoms with Crippen LogP contribution in [0.3, 0.4) is 0 Å². The SMILES string of the molecule is COc1ccccc1N1CCN(CCCCn2c(=O)[nH]c3ccc(Cl)cc32)CC1. The van der Waals surface area contributed by atoms with E-state index in [2.05, 4.69) is 26.9 Å². The van der Waals surface area contributed by atoms with Crippen LogP contribution in [-0.4, -0.2) is 54.3 Å². The zero-order chi connectivity index (χ0) is 20.2. The molecule has 2 aromatic carbocycles. The number of piperazine rings is 1. The monoisotopic (exact) mass is 414 g/mol. The number of aromatic amines is 1. The highest BCUT2D eigenvalue weighted by Gasteiger charge is 2.19. The van der Waals surface area contributed by atoms with Gasteiger partial charge in [0.1, 0.15) is 5.75 Å². The third-order valence-electron chi connectivity index (χ3n) is 5.64. The molecule has 1 N–H and O–H groups in total. The summed E-state index contributed by atoms with van der Waals surface area (Å²) in [6.07, 6.45) is 2.03. The average molecular weight is 415 g/mol. The van der Waals surface area contributed by atoms with Gasteiger partial charge in [0.25, 0.3) is 0 Å². The number of aryl methyl sites for hydroxylation is 1. The van der Waals surface area contributed by atoms with Gasteiger partial charge in [0.2, 0.25) is 0 Å². The quantitative estimate of drug-likeness (QED) is 0.600. The van der Waals surface area contributed by atoms with Gasteiger partial charge < -0.3 is 14.6 Å². The van der Waals surface area contributed by atoms with Crippen LogP contribution in [0.15, 0.2) is 47.3 Å². The molecule has 1 aliphatic rings. The number of H-pyrrole nitrogens is 1. The van der Waals surface area contributed by atoms with Crippen LogP contribution in [-0.2, 0) is 6.54 Å². The fourth-order valence-electron chi connectivity index (χ4n) is 4.06. The normalized spacial score (nSPS) is 15.2. The van der Waals surface area contributed by atoms with Gasteiger partial charge in [-0.3, -0.25) is 9.47 Å². The van der Waals surface area contributed by atoms with E-state index < -0.39 is 0 Å². The minimum absolute atomic E-state index is 0.0623. The van der Waals surface area contributed by atoms with Crippen LogP contribution in [0.5, 0.6) is 5.75 Å². The molecule has 0 amide bonds. The molecule has 154 valence electrons. The molecule has 1 fully saturated rings. The Morgan fingerprint density at radius 1 is 1.03 bits per heavy atom. The lowest BCUT2D eigenvalue weighted by atomic mass is 10.2. The van der Waals surface area contributed by atoms with E-state index in [1.807, 2.05) is 24.3 Å². The Morgan fingerprint density at radius 2 is 1.79 bits per heavy atom. The zero-order valence-electron chi connectivity index (χ0n) is 16.7. The van der Waals surface area contributed by atoms with Gasteiger partial charge in [-0.05, 0) is 49.7 Å². The first-order valence-corrected chi connectivity index (χ1v) is 10.5. The van der Waals surface area contributed by atoms with Crippen molar-refractivity contribution >= 4 is 28.3 Å². The van der Waals surface area contributed by atoms with Crippen molar-refractivity contribution in [2.24, 2.45) is 0 Å². The number of methoxy groups -OCH3 is 1. The summed E-state index contributed by atoms with van der Waals surface area (Å²) in [6.45, 7) is 5.85. The first-order chi connectivity index (χ1) is 14.2. The Bertz CT molecular complexity index is 1020. The van der Waals surface area contributed by atoms with Crippen molar-refractivity contribution < 1.29 is 4.74 Å². The van der Waals surface area contributed by atoms with E-state index >= 15 is 0 Å². The number of rotatable bonds is 7. The minimum Gasteiger partial charge on any atom is -0.495 e. The second-order valence-electron chi connectivity index (χ2n) is 7.45. The summed E-state index contributed by atoms with van der Waals surface area (Å²) in [7, 11) is 1.72. The Kier molecular flexibility index (Phi) is 6.11. The lowest BCUT2D eigenvalue weighted by Gasteiger charge is -2.36. The number of benzene rings is 2. The molecule has 0 saturated carbocycles. The van der Waals surface area contributed by atoms with E-state index in [1.165, 1.54) is 5.69 Å². The smallest absolute Gasteiger partial charge is 0.326 e. The predicted octanol–water partition coefficient (Wildman–Crippen LogP) is 3.59. The third kappa shape index (κ3) is 4.43. The van der Waals surface area contributed by atoms with E-state index in [0.717, 1.165) is 62.3 Å². The molecule has 1 aromatic heterocycles. The lowest BCUT2D eigenvalue weighted by molar-refractivity contribution is 0.250. The minimum atomic E-state index is -0.0623. The molecule has 2 heterocycles. The van der Waals surface area contributed by atoms with Gasteiger partial charge >= 0.3 is 5.69 Å². The highest BCUT2D eigenvalue weighted by Crippen LogP contribution is 2.28. The largest absolute Gasteiger partial charge is 0.495 e. The number of nitrogens with zero attached hydrogens (tertiary/aromatic N) is 3. The van der Waals surface area contributed by atoms with Gasteiger partial charge in [0.05, 0.1) is 23.8 Å². The number of unbranched alkanes of at least 4 members (excludes halogenated alkanes) is 1. The molecule has 3 aromatic rings. The molecule has 1 saturated heterocycles. The van der Waals surface area contributed by atoms with Crippen molar-refractivity contribution in [3.63, 3.8) is 0 Å². The van der Waals surface area contributed by atoms with E-state index in [1.54, 1.807) is 17.7 Å². The van der Waals surface area contributed by atoms with E-state index in [-0.39, 0.29) is 5.69 Å². The molecule has 7 heteroatoms. The molecule has 0 atom stereocenters. The van der Waals surface area contributed by atoms with Crippen molar-refractivity contribution in [2.75, 3.05) is 44.7 Å². The van der Waals surface area contributed by atoms with Crippen molar-refractivity contribution in [3.8, 4) is 5.75 Å². The Labute approximate surface area is 175 Å². The van der Waals surface area contributed by atoms with Gasteiger partial charge in [0.15, 0.2) is 0 Å². The van der Waals surface area contributed by atoms with Crippen LogP contribution in [0.1, 0.15) is 12.8 Å². The third-order valence-corrected chi connectivity index (χ3v) is 5.88. The number of para-hydroxylation sites is 2. The number of fused-ring (bicyclic) bond motifs is 1. The maximum atomic E-state index is 12.2. The van der Waals surface area contributed by atoms with Crippen molar-refractivity contribution in [1.82, 2.24) is 14.5 Å². The number of aromatic nitrogens is 2. The van der Waals surface area contributed by atoms with Crippen LogP contribution in [0.4, 0.5) is 5.69 Å². The van der Waals surface area contributed by atoms with Crippen LogP contribution >= 0.6 is 11.6 Å². The summed E-state index contributed by atoms with van der Waals surface area (Å²) in [6, 6.07) is 13.7. The highest BCUT2D eigenvalue weighted by molar-refractivity contribution is 6.31. The first-order valence-electron chi connectivity index (χ1n) is 10.1. The van der Waals surface area contributed by atoms with E-state index in [4.69, 9.17) is 16.3 Å². The summed E-state index contributed by atoms with van der Waals surface area (Å²) in [4.78, 5) is 20.0. The standard InChI is InChI=1S/C22H27ClN4O2/c1-29-21-7-3-2-6-19(21)26-14-12-25(13-15-26)10-4-5-11-27-20-16-17(23)8-9-18(20)24-22(27)28/h2-3,6-9,16H,4-5,10-15H2,1H3,(H,24,28). The number of hydrogen-bond donors (Lipinski definition) is 1. The van der Waals surface area contributed by atoms with Gasteiger partial charge in [-0.1, -0.05) is 23.7 Å². The summed E-state index contributed by atoms with van der Waals surface area (Å²) in [5, 5.41) is 0.651. The maximum absolute atomic E-state index is 12.2. The fourth-order valence-corrected chi connectivity index (χ4v) is 4.22. The average Bonchev–Trinajstić information content (AvgIpc) is 3.06. The maximum Gasteiger partial charge on any atom is 0.326 e. The van der Waals surface area contributed by atoms with E-state index in [0.29, 0.717) is 11.6 Å². The number of hydrogen-bond acceptors (Lipinski definition) is 4. The van der Waals surface area contributed by atoms with Gasteiger partial charge in [-0.2, -0.15) is 0 Å². The van der Waals surface area contributed by atoms with Crippen LogP contribution in [0, 0.1) is 0 Å². The second-order valence-corrected chi connectivity index (χ2v) is 7.89. The molecular weight excluding hydrogens is 388 g/mol.